The molecular weight excluding hydrogens is 414 g/mol. The second-order valence-electron chi connectivity index (χ2n) is 12.3. The van der Waals surface area contributed by atoms with Crippen LogP contribution < -0.4 is 0 Å². The fourth-order valence-corrected chi connectivity index (χ4v) is 9.26. The van der Waals surface area contributed by atoms with Gasteiger partial charge in [-0.3, -0.25) is 0 Å². The third-order valence-corrected chi connectivity index (χ3v) is 11.1. The Kier molecular flexibility index (Phi) is 4.64. The van der Waals surface area contributed by atoms with E-state index in [1.54, 1.807) is 5.57 Å². The molecule has 1 heterocycles. The van der Waals surface area contributed by atoms with Crippen LogP contribution in [0.1, 0.15) is 76.8 Å². The Balaban J connectivity index is 1.15. The lowest BCUT2D eigenvalue weighted by Crippen LogP contribution is -2.53. The highest BCUT2D eigenvalue weighted by Gasteiger charge is 2.58. The Bertz CT molecular complexity index is 1240. The first-order valence-corrected chi connectivity index (χ1v) is 13.6. The summed E-state index contributed by atoms with van der Waals surface area (Å²) in [5.74, 6) is 3.44. The molecule has 0 spiro atoms. The highest BCUT2D eigenvalue weighted by atomic mass is 15.4. The second kappa shape index (κ2) is 7.54. The highest BCUT2D eigenvalue weighted by molar-refractivity contribution is 5.87. The van der Waals surface area contributed by atoms with E-state index in [0.29, 0.717) is 16.9 Å². The molecule has 4 aliphatic carbocycles. The van der Waals surface area contributed by atoms with Gasteiger partial charge in [0, 0.05) is 6.20 Å². The number of aromatic nitrogens is 3. The van der Waals surface area contributed by atoms with Crippen molar-refractivity contribution in [3.05, 3.63) is 66.5 Å². The zero-order valence-electron chi connectivity index (χ0n) is 20.7. The molecule has 3 saturated carbocycles. The van der Waals surface area contributed by atoms with Gasteiger partial charge in [-0.1, -0.05) is 61.5 Å². The fraction of sp³-hybridized carbons (Fsp3) is 0.548. The van der Waals surface area contributed by atoms with Crippen LogP contribution in [0.2, 0.25) is 0 Å². The predicted molar refractivity (Wildman–Crippen MR) is 138 cm³/mol. The van der Waals surface area contributed by atoms with Crippen molar-refractivity contribution in [1.82, 2.24) is 15.0 Å². The van der Waals surface area contributed by atoms with E-state index in [-0.39, 0.29) is 0 Å². The molecule has 0 saturated heterocycles. The van der Waals surface area contributed by atoms with Crippen molar-refractivity contribution in [1.29, 1.82) is 0 Å². The normalized spacial score (nSPS) is 39.2. The van der Waals surface area contributed by atoms with E-state index in [0.717, 1.165) is 23.7 Å². The predicted octanol–water partition coefficient (Wildman–Crippen LogP) is 7.71. The molecule has 1 aromatic heterocycles. The quantitative estimate of drug-likeness (QED) is 0.399. The molecule has 0 aliphatic heterocycles. The summed E-state index contributed by atoms with van der Waals surface area (Å²) in [5, 5.41) is 11.2. The zero-order valence-corrected chi connectivity index (χ0v) is 20.7. The van der Waals surface area contributed by atoms with Crippen LogP contribution in [0.15, 0.2) is 60.9 Å². The van der Waals surface area contributed by atoms with E-state index in [2.05, 4.69) is 83.6 Å². The summed E-state index contributed by atoms with van der Waals surface area (Å²) in [6, 6.07) is 16.5. The van der Waals surface area contributed by atoms with Crippen molar-refractivity contribution in [2.24, 2.45) is 34.5 Å². The molecule has 34 heavy (non-hydrogen) atoms. The first-order valence-electron chi connectivity index (χ1n) is 13.6. The molecule has 0 amide bonds. The average molecular weight is 452 g/mol. The maximum Gasteiger partial charge on any atom is 0.0693 e. The Hall–Kier alpha value is -2.42. The van der Waals surface area contributed by atoms with Crippen LogP contribution in [0.4, 0.5) is 0 Å². The lowest BCUT2D eigenvalue weighted by molar-refractivity contribution is -0.103. The fourth-order valence-electron chi connectivity index (χ4n) is 9.26. The number of rotatable bonds is 2. The van der Waals surface area contributed by atoms with E-state index in [1.165, 1.54) is 67.7 Å². The van der Waals surface area contributed by atoms with Crippen molar-refractivity contribution < 1.29 is 0 Å². The van der Waals surface area contributed by atoms with Crippen LogP contribution in [0.5, 0.6) is 0 Å². The van der Waals surface area contributed by atoms with E-state index in [4.69, 9.17) is 0 Å². The Morgan fingerprint density at radius 2 is 1.79 bits per heavy atom. The molecule has 7 atom stereocenters. The number of hydrogen-bond donors (Lipinski definition) is 0. The van der Waals surface area contributed by atoms with Crippen LogP contribution in [0, 0.1) is 34.5 Å². The maximum atomic E-state index is 4.35. The molecule has 2 aromatic carbocycles. The molecular formula is C31H37N3. The van der Waals surface area contributed by atoms with Crippen LogP contribution in [0.25, 0.3) is 16.3 Å². The van der Waals surface area contributed by atoms with Crippen molar-refractivity contribution in [3.63, 3.8) is 0 Å². The van der Waals surface area contributed by atoms with Gasteiger partial charge < -0.3 is 0 Å². The highest BCUT2D eigenvalue weighted by Crippen LogP contribution is 2.68. The SMILES string of the molecule is C[C@]12CC[C@H](n3ccnn3)C[C@@H]1CC[C@@H]1[C@@H]2CC[C@]2(C)C(c3ccc4ccccc4c3)=CC[C@@H]12. The number of fused-ring (bicyclic) bond motifs is 6. The van der Waals surface area contributed by atoms with Gasteiger partial charge >= 0.3 is 0 Å². The number of benzene rings is 2. The van der Waals surface area contributed by atoms with Crippen molar-refractivity contribution in [3.8, 4) is 0 Å². The van der Waals surface area contributed by atoms with Gasteiger partial charge in [0.15, 0.2) is 0 Å². The van der Waals surface area contributed by atoms with Crippen molar-refractivity contribution in [2.45, 2.75) is 71.3 Å². The molecule has 176 valence electrons. The minimum Gasteiger partial charge on any atom is -0.250 e. The van der Waals surface area contributed by atoms with Gasteiger partial charge in [0.2, 0.25) is 0 Å². The summed E-state index contributed by atoms with van der Waals surface area (Å²) in [6.45, 7) is 5.28. The van der Waals surface area contributed by atoms with E-state index in [9.17, 15) is 0 Å². The van der Waals surface area contributed by atoms with Gasteiger partial charge in [0.1, 0.15) is 0 Å². The Labute approximate surface area is 203 Å². The molecule has 0 radical (unpaired) electrons. The van der Waals surface area contributed by atoms with E-state index in [1.807, 2.05) is 6.20 Å². The van der Waals surface area contributed by atoms with Crippen LogP contribution in [0.3, 0.4) is 0 Å². The molecule has 3 aromatic rings. The molecule has 3 nitrogen and oxygen atoms in total. The molecule has 3 fully saturated rings. The average Bonchev–Trinajstić information content (AvgIpc) is 3.51. The summed E-state index contributed by atoms with van der Waals surface area (Å²) in [4.78, 5) is 0. The number of hydrogen-bond acceptors (Lipinski definition) is 2. The lowest BCUT2D eigenvalue weighted by Gasteiger charge is -2.61. The molecule has 7 rings (SSSR count). The Morgan fingerprint density at radius 3 is 2.65 bits per heavy atom. The standard InChI is InChI=1S/C31H37N3/c1-30-15-13-25(34-18-17-32-33-34)20-24(30)9-10-26-28-12-11-27(31(28,2)16-14-29(26)30)23-8-7-21-5-3-4-6-22(21)19-23/h3-8,11,17-19,24-26,28-29H,9-10,12-16,20H2,1-2H3/t24-,25-,26-,28-,29-,30-,31+/m0/s1. The number of allylic oxidation sites excluding steroid dienone is 2. The summed E-state index contributed by atoms with van der Waals surface area (Å²) in [7, 11) is 0. The first-order chi connectivity index (χ1) is 16.6. The number of nitrogens with zero attached hydrogens (tertiary/aromatic N) is 3. The molecule has 0 bridgehead atoms. The van der Waals surface area contributed by atoms with Gasteiger partial charge in [0.25, 0.3) is 0 Å². The van der Waals surface area contributed by atoms with Gasteiger partial charge in [-0.25, -0.2) is 4.68 Å². The van der Waals surface area contributed by atoms with Gasteiger partial charge in [-0.15, -0.1) is 5.10 Å². The molecule has 0 unspecified atom stereocenters. The second-order valence-corrected chi connectivity index (χ2v) is 12.3. The van der Waals surface area contributed by atoms with Gasteiger partial charge in [-0.2, -0.15) is 0 Å². The molecule has 3 heteroatoms. The largest absolute Gasteiger partial charge is 0.250 e. The third kappa shape index (κ3) is 2.94. The third-order valence-electron chi connectivity index (χ3n) is 11.1. The van der Waals surface area contributed by atoms with Gasteiger partial charge in [0.05, 0.1) is 12.2 Å². The van der Waals surface area contributed by atoms with Crippen molar-refractivity contribution in [2.75, 3.05) is 0 Å². The minimum absolute atomic E-state index is 0.338. The maximum absolute atomic E-state index is 4.35. The van der Waals surface area contributed by atoms with Crippen LogP contribution in [-0.2, 0) is 0 Å². The molecule has 4 aliphatic rings. The monoisotopic (exact) mass is 451 g/mol. The van der Waals surface area contributed by atoms with E-state index < -0.39 is 0 Å². The minimum atomic E-state index is 0.338. The summed E-state index contributed by atoms with van der Waals surface area (Å²) in [6.07, 6.45) is 17.3. The smallest absolute Gasteiger partial charge is 0.0693 e. The van der Waals surface area contributed by atoms with Gasteiger partial charge in [-0.05, 0) is 114 Å². The molecule has 0 N–H and O–H groups in total. The zero-order chi connectivity index (χ0) is 22.9. The van der Waals surface area contributed by atoms with E-state index >= 15 is 0 Å². The Morgan fingerprint density at radius 1 is 0.912 bits per heavy atom. The van der Waals surface area contributed by atoms with Crippen LogP contribution in [-0.4, -0.2) is 15.0 Å². The summed E-state index contributed by atoms with van der Waals surface area (Å²) in [5.41, 5.74) is 3.96. The topological polar surface area (TPSA) is 30.7 Å². The summed E-state index contributed by atoms with van der Waals surface area (Å²) >= 11 is 0. The summed E-state index contributed by atoms with van der Waals surface area (Å²) < 4.78 is 2.14. The van der Waals surface area contributed by atoms with Crippen molar-refractivity contribution >= 4 is 16.3 Å². The lowest BCUT2D eigenvalue weighted by atomic mass is 9.44. The van der Waals surface area contributed by atoms with Crippen LogP contribution >= 0.6 is 0 Å². The first kappa shape index (κ1) is 20.9.